The molecule has 0 aromatic rings. The van der Waals surface area contributed by atoms with Crippen molar-refractivity contribution in [3.05, 3.63) is 12.2 Å². The Kier molecular flexibility index (Phi) is 4.31. The smallest absolute Gasteiger partial charge is 0.0200 e. The molecule has 0 nitrogen and oxygen atoms in total. The minimum Gasteiger partial charge on any atom is -0.134 e. The summed E-state index contributed by atoms with van der Waals surface area (Å²) in [4.78, 5) is 0. The van der Waals surface area contributed by atoms with Crippen LogP contribution in [0.2, 0.25) is 0 Å². The standard InChI is InChI=1S/C4H9P/c1-2-3-4-5/h2-3H,4-5H2,1H3/b3-2-. The van der Waals surface area contributed by atoms with E-state index < -0.39 is 0 Å². The van der Waals surface area contributed by atoms with Gasteiger partial charge < -0.3 is 0 Å². The molecule has 0 amide bonds. The number of hydrogen-bond donors (Lipinski definition) is 0. The Morgan fingerprint density at radius 2 is 2.40 bits per heavy atom. The maximum Gasteiger partial charge on any atom is -0.0200 e. The van der Waals surface area contributed by atoms with E-state index in [0.717, 1.165) is 6.16 Å². The first kappa shape index (κ1) is 5.17. The molecule has 0 aliphatic carbocycles. The molecule has 0 aliphatic heterocycles. The molecule has 0 aromatic carbocycles. The van der Waals surface area contributed by atoms with Crippen LogP contribution >= 0.6 is 9.24 Å². The molecular weight excluding hydrogens is 79.0 g/mol. The lowest BCUT2D eigenvalue weighted by atomic mass is 10.6. The van der Waals surface area contributed by atoms with Crippen LogP contribution in [0.5, 0.6) is 0 Å². The molecule has 0 N–H and O–H groups in total. The van der Waals surface area contributed by atoms with E-state index in [0.29, 0.717) is 0 Å². The second-order valence-electron chi connectivity index (χ2n) is 0.805. The highest BCUT2D eigenvalue weighted by Crippen LogP contribution is 1.78. The van der Waals surface area contributed by atoms with Crippen molar-refractivity contribution in [2.45, 2.75) is 6.92 Å². The summed E-state index contributed by atoms with van der Waals surface area (Å²) < 4.78 is 0. The molecule has 0 saturated carbocycles. The SMILES string of the molecule is C/C=C\CP. The normalized spacial score (nSPS) is 10.0. The predicted molar refractivity (Wildman–Crippen MR) is 29.4 cm³/mol. The Hall–Kier alpha value is 0.170. The zero-order valence-electron chi connectivity index (χ0n) is 3.44. The van der Waals surface area contributed by atoms with E-state index in [1.807, 2.05) is 13.0 Å². The van der Waals surface area contributed by atoms with E-state index >= 15 is 0 Å². The van der Waals surface area contributed by atoms with Crippen LogP contribution in [-0.4, -0.2) is 6.16 Å². The van der Waals surface area contributed by atoms with Crippen LogP contribution in [0.25, 0.3) is 0 Å². The van der Waals surface area contributed by atoms with Crippen molar-refractivity contribution in [2.75, 3.05) is 6.16 Å². The fourth-order valence-corrected chi connectivity index (χ4v) is 0.408. The van der Waals surface area contributed by atoms with Crippen LogP contribution < -0.4 is 0 Å². The second kappa shape index (κ2) is 4.17. The van der Waals surface area contributed by atoms with Crippen molar-refractivity contribution in [2.24, 2.45) is 0 Å². The van der Waals surface area contributed by atoms with Crippen LogP contribution in [0, 0.1) is 0 Å². The maximum atomic E-state index is 2.61. The molecule has 1 unspecified atom stereocenters. The predicted octanol–water partition coefficient (Wildman–Crippen LogP) is 1.44. The quantitative estimate of drug-likeness (QED) is 0.336. The molecule has 30 valence electrons. The van der Waals surface area contributed by atoms with Gasteiger partial charge in [-0.15, -0.1) is 9.24 Å². The lowest BCUT2D eigenvalue weighted by molar-refractivity contribution is 1.66. The van der Waals surface area contributed by atoms with Gasteiger partial charge in [0, 0.05) is 0 Å². The van der Waals surface area contributed by atoms with Gasteiger partial charge in [0.15, 0.2) is 0 Å². The van der Waals surface area contributed by atoms with Crippen LogP contribution in [-0.2, 0) is 0 Å². The van der Waals surface area contributed by atoms with Crippen molar-refractivity contribution in [3.63, 3.8) is 0 Å². The highest BCUT2D eigenvalue weighted by molar-refractivity contribution is 7.16. The van der Waals surface area contributed by atoms with E-state index in [2.05, 4.69) is 15.3 Å². The maximum absolute atomic E-state index is 2.61. The molecule has 0 aliphatic rings. The fourth-order valence-electron chi connectivity index (χ4n) is 0.136. The summed E-state index contributed by atoms with van der Waals surface area (Å²) in [6.07, 6.45) is 5.20. The molecule has 0 aromatic heterocycles. The summed E-state index contributed by atoms with van der Waals surface area (Å²) in [5, 5.41) is 0. The summed E-state index contributed by atoms with van der Waals surface area (Å²) in [5.74, 6) is 0. The van der Waals surface area contributed by atoms with Crippen LogP contribution in [0.4, 0.5) is 0 Å². The molecule has 1 atom stereocenters. The van der Waals surface area contributed by atoms with Crippen molar-refractivity contribution in [3.8, 4) is 0 Å². The molecule has 0 saturated heterocycles. The van der Waals surface area contributed by atoms with Gasteiger partial charge in [0.1, 0.15) is 0 Å². The van der Waals surface area contributed by atoms with E-state index in [1.165, 1.54) is 0 Å². The Morgan fingerprint density at radius 3 is 2.40 bits per heavy atom. The lowest BCUT2D eigenvalue weighted by Gasteiger charge is -1.65. The van der Waals surface area contributed by atoms with Crippen molar-refractivity contribution in [1.82, 2.24) is 0 Å². The highest BCUT2D eigenvalue weighted by Gasteiger charge is 1.52. The molecule has 5 heavy (non-hydrogen) atoms. The third-order valence-electron chi connectivity index (χ3n) is 0.372. The zero-order valence-corrected chi connectivity index (χ0v) is 4.59. The van der Waals surface area contributed by atoms with Gasteiger partial charge in [-0.2, -0.15) is 0 Å². The number of hydrogen-bond acceptors (Lipinski definition) is 0. The Bertz CT molecular complexity index is 30.6. The highest BCUT2D eigenvalue weighted by atomic mass is 31.0. The van der Waals surface area contributed by atoms with Crippen molar-refractivity contribution >= 4 is 9.24 Å². The van der Waals surface area contributed by atoms with E-state index in [-0.39, 0.29) is 0 Å². The first-order chi connectivity index (χ1) is 2.41. The minimum atomic E-state index is 1.08. The van der Waals surface area contributed by atoms with Crippen LogP contribution in [0.15, 0.2) is 12.2 Å². The second-order valence-corrected chi connectivity index (χ2v) is 1.28. The summed E-state index contributed by atoms with van der Waals surface area (Å²) >= 11 is 0. The number of rotatable bonds is 1. The molecule has 0 bridgehead atoms. The zero-order chi connectivity index (χ0) is 4.12. The van der Waals surface area contributed by atoms with Crippen LogP contribution in [0.3, 0.4) is 0 Å². The monoisotopic (exact) mass is 88.0 g/mol. The van der Waals surface area contributed by atoms with Gasteiger partial charge in [-0.1, -0.05) is 12.2 Å². The Morgan fingerprint density at radius 1 is 1.80 bits per heavy atom. The fraction of sp³-hybridized carbons (Fsp3) is 0.500. The lowest BCUT2D eigenvalue weighted by Crippen LogP contribution is -1.49. The Labute approximate surface area is 35.5 Å². The van der Waals surface area contributed by atoms with Crippen molar-refractivity contribution in [1.29, 1.82) is 0 Å². The van der Waals surface area contributed by atoms with E-state index in [9.17, 15) is 0 Å². The van der Waals surface area contributed by atoms with E-state index in [4.69, 9.17) is 0 Å². The van der Waals surface area contributed by atoms with Crippen LogP contribution in [0.1, 0.15) is 6.92 Å². The summed E-state index contributed by atoms with van der Waals surface area (Å²) in [6.45, 7) is 2.02. The largest absolute Gasteiger partial charge is 0.134 e. The van der Waals surface area contributed by atoms with E-state index in [1.54, 1.807) is 0 Å². The molecule has 0 rings (SSSR count). The first-order valence-corrected chi connectivity index (χ1v) is 2.54. The molecular formula is C4H9P. The first-order valence-electron chi connectivity index (χ1n) is 1.73. The van der Waals surface area contributed by atoms with Gasteiger partial charge in [-0.05, 0) is 13.1 Å². The minimum absolute atomic E-state index is 1.08. The molecule has 0 heterocycles. The van der Waals surface area contributed by atoms with Crippen molar-refractivity contribution < 1.29 is 0 Å². The van der Waals surface area contributed by atoms with Gasteiger partial charge in [0.05, 0.1) is 0 Å². The topological polar surface area (TPSA) is 0 Å². The molecule has 1 heteroatoms. The van der Waals surface area contributed by atoms with Gasteiger partial charge in [0.2, 0.25) is 0 Å². The molecule has 0 fully saturated rings. The summed E-state index contributed by atoms with van der Waals surface area (Å²) in [7, 11) is 2.61. The molecule has 0 radical (unpaired) electrons. The molecule has 0 spiro atoms. The third-order valence-corrected chi connectivity index (χ3v) is 0.644. The summed E-state index contributed by atoms with van der Waals surface area (Å²) in [5.41, 5.74) is 0. The van der Waals surface area contributed by atoms with Gasteiger partial charge in [-0.25, -0.2) is 0 Å². The Balaban J connectivity index is 2.62. The average Bonchev–Trinajstić information content (AvgIpc) is 1.41. The van der Waals surface area contributed by atoms with Gasteiger partial charge >= 0.3 is 0 Å². The van der Waals surface area contributed by atoms with Gasteiger partial charge in [-0.3, -0.25) is 0 Å². The number of allylic oxidation sites excluding steroid dienone is 2. The van der Waals surface area contributed by atoms with Gasteiger partial charge in [0.25, 0.3) is 0 Å². The summed E-state index contributed by atoms with van der Waals surface area (Å²) in [6, 6.07) is 0. The third kappa shape index (κ3) is 4.17. The average molecular weight is 88.1 g/mol.